The highest BCUT2D eigenvalue weighted by molar-refractivity contribution is 5.68. The summed E-state index contributed by atoms with van der Waals surface area (Å²) in [6.45, 7) is 1.28. The van der Waals surface area contributed by atoms with Crippen LogP contribution in [-0.2, 0) is 0 Å². The maximum absolute atomic E-state index is 14.1. The SMILES string of the molecule is C[C@@H](CO)Nc1nc(Nc2c(F)ccc(F)c2F)cc(-c2cccc(OC(F)(F)F)c2)n1. The van der Waals surface area contributed by atoms with E-state index < -0.39 is 41.3 Å². The van der Waals surface area contributed by atoms with Gasteiger partial charge in [0.1, 0.15) is 23.1 Å². The van der Waals surface area contributed by atoms with Gasteiger partial charge in [0.2, 0.25) is 5.95 Å². The van der Waals surface area contributed by atoms with Crippen LogP contribution in [0.15, 0.2) is 42.5 Å². The minimum absolute atomic E-state index is 0.0555. The van der Waals surface area contributed by atoms with Gasteiger partial charge in [0.25, 0.3) is 0 Å². The van der Waals surface area contributed by atoms with E-state index >= 15 is 0 Å². The molecule has 6 nitrogen and oxygen atoms in total. The second kappa shape index (κ2) is 9.30. The first-order chi connectivity index (χ1) is 15.1. The molecule has 32 heavy (non-hydrogen) atoms. The maximum atomic E-state index is 14.1. The van der Waals surface area contributed by atoms with Crippen molar-refractivity contribution in [3.63, 3.8) is 0 Å². The number of aliphatic hydroxyl groups excluding tert-OH is 1. The average molecular weight is 458 g/mol. The predicted octanol–water partition coefficient (Wildman–Crippen LogP) is 5.00. The van der Waals surface area contributed by atoms with Crippen LogP contribution in [0.2, 0.25) is 0 Å². The smallest absolute Gasteiger partial charge is 0.406 e. The molecule has 1 atom stereocenters. The Bertz CT molecular complexity index is 1110. The monoisotopic (exact) mass is 458 g/mol. The van der Waals surface area contributed by atoms with Gasteiger partial charge in [0, 0.05) is 17.7 Å². The molecule has 0 unspecified atom stereocenters. The van der Waals surface area contributed by atoms with E-state index in [0.29, 0.717) is 12.1 Å². The van der Waals surface area contributed by atoms with Gasteiger partial charge in [-0.3, -0.25) is 0 Å². The summed E-state index contributed by atoms with van der Waals surface area (Å²) in [5.41, 5.74) is -0.595. The van der Waals surface area contributed by atoms with Crippen LogP contribution in [0.3, 0.4) is 0 Å². The molecule has 3 rings (SSSR count). The summed E-state index contributed by atoms with van der Waals surface area (Å²) in [5, 5.41) is 14.3. The zero-order valence-electron chi connectivity index (χ0n) is 16.3. The summed E-state index contributed by atoms with van der Waals surface area (Å²) in [6, 6.07) is 6.87. The Morgan fingerprint density at radius 1 is 1.03 bits per heavy atom. The van der Waals surface area contributed by atoms with E-state index in [2.05, 4.69) is 25.3 Å². The number of benzene rings is 2. The topological polar surface area (TPSA) is 79.3 Å². The van der Waals surface area contributed by atoms with Crippen molar-refractivity contribution in [3.05, 3.63) is 59.9 Å². The molecular weight excluding hydrogens is 442 g/mol. The molecule has 0 aliphatic rings. The average Bonchev–Trinajstić information content (AvgIpc) is 2.72. The first-order valence-electron chi connectivity index (χ1n) is 9.09. The summed E-state index contributed by atoms with van der Waals surface area (Å²) in [4.78, 5) is 8.19. The molecule has 0 saturated carbocycles. The number of aromatic nitrogens is 2. The van der Waals surface area contributed by atoms with Crippen LogP contribution in [0, 0.1) is 17.5 Å². The molecule has 0 aliphatic heterocycles. The van der Waals surface area contributed by atoms with E-state index in [9.17, 15) is 31.4 Å². The first kappa shape index (κ1) is 23.1. The molecule has 0 radical (unpaired) electrons. The van der Waals surface area contributed by atoms with Crippen molar-refractivity contribution in [2.45, 2.75) is 19.3 Å². The van der Waals surface area contributed by atoms with E-state index in [-0.39, 0.29) is 29.6 Å². The fourth-order valence-corrected chi connectivity index (χ4v) is 2.61. The van der Waals surface area contributed by atoms with Crippen molar-refractivity contribution in [2.75, 3.05) is 17.2 Å². The van der Waals surface area contributed by atoms with Crippen LogP contribution < -0.4 is 15.4 Å². The largest absolute Gasteiger partial charge is 0.573 e. The normalized spacial score (nSPS) is 12.4. The van der Waals surface area contributed by atoms with Gasteiger partial charge in [0.15, 0.2) is 11.6 Å². The Kier molecular flexibility index (Phi) is 6.72. The van der Waals surface area contributed by atoms with Gasteiger partial charge >= 0.3 is 6.36 Å². The van der Waals surface area contributed by atoms with Crippen molar-refractivity contribution < 1.29 is 36.2 Å². The third-order valence-electron chi connectivity index (χ3n) is 4.04. The Morgan fingerprint density at radius 2 is 1.75 bits per heavy atom. The highest BCUT2D eigenvalue weighted by Gasteiger charge is 2.31. The van der Waals surface area contributed by atoms with Crippen molar-refractivity contribution in [3.8, 4) is 17.0 Å². The van der Waals surface area contributed by atoms with E-state index in [4.69, 9.17) is 0 Å². The second-order valence-electron chi connectivity index (χ2n) is 6.61. The predicted molar refractivity (Wildman–Crippen MR) is 104 cm³/mol. The number of hydrogen-bond acceptors (Lipinski definition) is 6. The molecule has 0 bridgehead atoms. The van der Waals surface area contributed by atoms with Crippen molar-refractivity contribution >= 4 is 17.5 Å². The molecule has 0 amide bonds. The van der Waals surface area contributed by atoms with Crippen LogP contribution in [0.5, 0.6) is 5.75 Å². The number of nitrogens with one attached hydrogen (secondary N) is 2. The van der Waals surface area contributed by atoms with Crippen molar-refractivity contribution in [2.24, 2.45) is 0 Å². The van der Waals surface area contributed by atoms with E-state index in [1.807, 2.05) is 0 Å². The number of halogens is 6. The van der Waals surface area contributed by atoms with E-state index in [0.717, 1.165) is 12.1 Å². The Labute approximate surface area is 177 Å². The van der Waals surface area contributed by atoms with Crippen molar-refractivity contribution in [1.29, 1.82) is 0 Å². The molecule has 12 heteroatoms. The number of hydrogen-bond donors (Lipinski definition) is 3. The van der Waals surface area contributed by atoms with Gasteiger partial charge in [-0.05, 0) is 31.2 Å². The standard InChI is InChI=1S/C20H16F6N4O2/c1-10(9-31)27-19-28-15(11-3-2-4-12(7-11)32-20(24,25)26)8-16(30-19)29-18-14(22)6-5-13(21)17(18)23/h2-8,10,31H,9H2,1H3,(H2,27,28,29,30)/t10-/m0/s1. The molecule has 1 heterocycles. The third kappa shape index (κ3) is 5.78. The summed E-state index contributed by atoms with van der Waals surface area (Å²) < 4.78 is 83.1. The summed E-state index contributed by atoms with van der Waals surface area (Å²) in [5.74, 6) is -4.68. The lowest BCUT2D eigenvalue weighted by molar-refractivity contribution is -0.274. The fourth-order valence-electron chi connectivity index (χ4n) is 2.61. The number of nitrogens with zero attached hydrogens (tertiary/aromatic N) is 2. The zero-order valence-corrected chi connectivity index (χ0v) is 16.3. The maximum Gasteiger partial charge on any atom is 0.573 e. The minimum Gasteiger partial charge on any atom is -0.406 e. The lowest BCUT2D eigenvalue weighted by Crippen LogP contribution is -2.21. The highest BCUT2D eigenvalue weighted by atomic mass is 19.4. The number of rotatable bonds is 7. The minimum atomic E-state index is -4.91. The Balaban J connectivity index is 2.05. The zero-order chi connectivity index (χ0) is 23.5. The molecule has 0 saturated heterocycles. The van der Waals surface area contributed by atoms with Crippen LogP contribution in [0.4, 0.5) is 43.8 Å². The molecule has 170 valence electrons. The summed E-state index contributed by atoms with van der Waals surface area (Å²) in [6.07, 6.45) is -4.91. The first-order valence-corrected chi connectivity index (χ1v) is 9.09. The number of anilines is 3. The molecule has 1 aromatic heterocycles. The van der Waals surface area contributed by atoms with Gasteiger partial charge in [-0.15, -0.1) is 13.2 Å². The van der Waals surface area contributed by atoms with Gasteiger partial charge in [-0.1, -0.05) is 12.1 Å². The third-order valence-corrected chi connectivity index (χ3v) is 4.04. The van der Waals surface area contributed by atoms with Crippen LogP contribution in [0.25, 0.3) is 11.3 Å². The Hall–Kier alpha value is -3.54. The number of alkyl halides is 3. The second-order valence-corrected chi connectivity index (χ2v) is 6.61. The molecule has 2 aromatic carbocycles. The Morgan fingerprint density at radius 3 is 2.44 bits per heavy atom. The summed E-state index contributed by atoms with van der Waals surface area (Å²) in [7, 11) is 0. The molecular formula is C20H16F6N4O2. The van der Waals surface area contributed by atoms with E-state index in [1.165, 1.54) is 18.2 Å². The van der Waals surface area contributed by atoms with E-state index in [1.54, 1.807) is 6.92 Å². The number of ether oxygens (including phenoxy) is 1. The molecule has 0 aliphatic carbocycles. The van der Waals surface area contributed by atoms with Gasteiger partial charge in [-0.25, -0.2) is 18.2 Å². The molecule has 0 spiro atoms. The quantitative estimate of drug-likeness (QED) is 0.342. The lowest BCUT2D eigenvalue weighted by atomic mass is 10.1. The van der Waals surface area contributed by atoms with Gasteiger partial charge < -0.3 is 20.5 Å². The van der Waals surface area contributed by atoms with Crippen molar-refractivity contribution in [1.82, 2.24) is 9.97 Å². The molecule has 3 aromatic rings. The van der Waals surface area contributed by atoms with Crippen LogP contribution >= 0.6 is 0 Å². The lowest BCUT2D eigenvalue weighted by Gasteiger charge is -2.15. The van der Waals surface area contributed by atoms with Gasteiger partial charge in [-0.2, -0.15) is 4.98 Å². The molecule has 0 fully saturated rings. The summed E-state index contributed by atoms with van der Waals surface area (Å²) >= 11 is 0. The van der Waals surface area contributed by atoms with Crippen LogP contribution in [0.1, 0.15) is 6.92 Å². The number of aliphatic hydroxyl groups is 1. The van der Waals surface area contributed by atoms with Gasteiger partial charge in [0.05, 0.1) is 12.3 Å². The van der Waals surface area contributed by atoms with Crippen LogP contribution in [-0.4, -0.2) is 34.1 Å². The fraction of sp³-hybridized carbons (Fsp3) is 0.200. The molecule has 3 N–H and O–H groups in total. The highest BCUT2D eigenvalue weighted by Crippen LogP contribution is 2.30.